The van der Waals surface area contributed by atoms with Gasteiger partial charge in [0, 0.05) is 32.4 Å². The number of rotatable bonds is 3. The van der Waals surface area contributed by atoms with Gasteiger partial charge in [0.15, 0.2) is 0 Å². The Hall–Kier alpha value is -2.36. The van der Waals surface area contributed by atoms with Crippen LogP contribution in [0.3, 0.4) is 0 Å². The fourth-order valence-electron chi connectivity index (χ4n) is 3.07. The first-order valence-corrected chi connectivity index (χ1v) is 7.69. The molecule has 1 atom stereocenters. The number of aromatic nitrogens is 1. The fourth-order valence-corrected chi connectivity index (χ4v) is 3.07. The molecule has 3 rings (SSSR count). The number of para-hydroxylation sites is 1. The summed E-state index contributed by atoms with van der Waals surface area (Å²) in [4.78, 5) is 20.3. The molecule has 0 bridgehead atoms. The number of amides is 1. The van der Waals surface area contributed by atoms with Crippen LogP contribution in [-0.4, -0.2) is 29.4 Å². The van der Waals surface area contributed by atoms with Gasteiger partial charge in [0.25, 0.3) is 0 Å². The minimum absolute atomic E-state index is 0.146. The van der Waals surface area contributed by atoms with Crippen LogP contribution >= 0.6 is 0 Å². The van der Waals surface area contributed by atoms with E-state index in [0.29, 0.717) is 0 Å². The van der Waals surface area contributed by atoms with Gasteiger partial charge >= 0.3 is 0 Å². The quantitative estimate of drug-likeness (QED) is 0.869. The summed E-state index contributed by atoms with van der Waals surface area (Å²) in [6, 6.07) is 14.5. The summed E-state index contributed by atoms with van der Waals surface area (Å²) in [7, 11) is 2.01. The molecule has 0 saturated carbocycles. The van der Waals surface area contributed by atoms with Crippen molar-refractivity contribution in [2.45, 2.75) is 25.8 Å². The van der Waals surface area contributed by atoms with Gasteiger partial charge in [-0.25, -0.2) is 4.98 Å². The molecule has 1 amide bonds. The molecule has 4 nitrogen and oxygen atoms in total. The number of nitrogens with zero attached hydrogens (tertiary/aromatic N) is 3. The molecule has 114 valence electrons. The molecule has 1 aliphatic heterocycles. The largest absolute Gasteiger partial charge is 0.336 e. The molecule has 0 spiro atoms. The van der Waals surface area contributed by atoms with Crippen LogP contribution in [0.5, 0.6) is 0 Å². The summed E-state index contributed by atoms with van der Waals surface area (Å²) in [5, 5.41) is 0. The standard InChI is InChI=1S/C18H21N3O/c1-14(22)21-12-6-9-17(21)15-10-11-18(19-13-15)20(2)16-7-4-3-5-8-16/h3-5,7-8,10-11,13,17H,6,9,12H2,1-2H3/t17-/m1/s1. The van der Waals surface area contributed by atoms with Gasteiger partial charge in [0.05, 0.1) is 6.04 Å². The second kappa shape index (κ2) is 6.18. The van der Waals surface area contributed by atoms with Crippen molar-refractivity contribution in [1.82, 2.24) is 9.88 Å². The van der Waals surface area contributed by atoms with E-state index in [1.165, 1.54) is 0 Å². The molecule has 1 saturated heterocycles. The zero-order valence-electron chi connectivity index (χ0n) is 13.1. The monoisotopic (exact) mass is 295 g/mol. The van der Waals surface area contributed by atoms with Crippen molar-refractivity contribution >= 4 is 17.4 Å². The lowest BCUT2D eigenvalue weighted by Crippen LogP contribution is -2.28. The van der Waals surface area contributed by atoms with Gasteiger partial charge < -0.3 is 9.80 Å². The third-order valence-corrected chi connectivity index (χ3v) is 4.30. The summed E-state index contributed by atoms with van der Waals surface area (Å²) in [6.45, 7) is 2.50. The van der Waals surface area contributed by atoms with E-state index in [4.69, 9.17) is 0 Å². The fraction of sp³-hybridized carbons (Fsp3) is 0.333. The average molecular weight is 295 g/mol. The molecular formula is C18H21N3O. The topological polar surface area (TPSA) is 36.4 Å². The summed E-state index contributed by atoms with van der Waals surface area (Å²) < 4.78 is 0. The van der Waals surface area contributed by atoms with Crippen molar-refractivity contribution in [3.63, 3.8) is 0 Å². The molecule has 0 N–H and O–H groups in total. The van der Waals surface area contributed by atoms with Crippen molar-refractivity contribution in [3.05, 3.63) is 54.2 Å². The molecule has 1 fully saturated rings. The molecule has 1 aromatic carbocycles. The van der Waals surface area contributed by atoms with Crippen LogP contribution in [0, 0.1) is 0 Å². The van der Waals surface area contributed by atoms with E-state index in [0.717, 1.165) is 36.5 Å². The van der Waals surface area contributed by atoms with Crippen LogP contribution in [0.4, 0.5) is 11.5 Å². The molecule has 0 aliphatic carbocycles. The van der Waals surface area contributed by atoms with Crippen LogP contribution in [0.25, 0.3) is 0 Å². The van der Waals surface area contributed by atoms with Gasteiger partial charge in [-0.1, -0.05) is 24.3 Å². The zero-order valence-corrected chi connectivity index (χ0v) is 13.1. The summed E-state index contributed by atoms with van der Waals surface area (Å²) >= 11 is 0. The Morgan fingerprint density at radius 1 is 1.23 bits per heavy atom. The number of carbonyl (C=O) groups excluding carboxylic acids is 1. The van der Waals surface area contributed by atoms with E-state index in [-0.39, 0.29) is 11.9 Å². The van der Waals surface area contributed by atoms with Gasteiger partial charge in [-0.2, -0.15) is 0 Å². The number of anilines is 2. The molecule has 0 radical (unpaired) electrons. The minimum atomic E-state index is 0.146. The maximum atomic E-state index is 11.7. The highest BCUT2D eigenvalue weighted by atomic mass is 16.2. The molecule has 2 heterocycles. The third kappa shape index (κ3) is 2.82. The van der Waals surface area contributed by atoms with Crippen LogP contribution < -0.4 is 4.90 Å². The highest BCUT2D eigenvalue weighted by molar-refractivity contribution is 5.74. The number of benzene rings is 1. The Bertz CT molecular complexity index is 639. The second-order valence-electron chi connectivity index (χ2n) is 5.71. The van der Waals surface area contributed by atoms with Gasteiger partial charge in [-0.3, -0.25) is 4.79 Å². The minimum Gasteiger partial charge on any atom is -0.336 e. The van der Waals surface area contributed by atoms with Crippen molar-refractivity contribution in [1.29, 1.82) is 0 Å². The second-order valence-corrected chi connectivity index (χ2v) is 5.71. The highest BCUT2D eigenvalue weighted by Crippen LogP contribution is 2.32. The molecule has 22 heavy (non-hydrogen) atoms. The molecule has 0 unspecified atom stereocenters. The van der Waals surface area contributed by atoms with E-state index < -0.39 is 0 Å². The summed E-state index contributed by atoms with van der Waals surface area (Å²) in [5.74, 6) is 1.05. The predicted octanol–water partition coefficient (Wildman–Crippen LogP) is 3.53. The van der Waals surface area contributed by atoms with Gasteiger partial charge in [0.2, 0.25) is 5.91 Å². The SMILES string of the molecule is CC(=O)N1CCC[C@@H]1c1ccc(N(C)c2ccccc2)nc1. The maximum absolute atomic E-state index is 11.7. The van der Waals surface area contributed by atoms with E-state index >= 15 is 0 Å². The number of hydrogen-bond donors (Lipinski definition) is 0. The lowest BCUT2D eigenvalue weighted by atomic mass is 10.1. The molecule has 4 heteroatoms. The van der Waals surface area contributed by atoms with Crippen molar-refractivity contribution in [2.75, 3.05) is 18.5 Å². The first kappa shape index (κ1) is 14.6. The average Bonchev–Trinajstić information content (AvgIpc) is 3.05. The molecule has 1 aromatic heterocycles. The number of hydrogen-bond acceptors (Lipinski definition) is 3. The van der Waals surface area contributed by atoms with E-state index in [1.807, 2.05) is 42.4 Å². The van der Waals surface area contributed by atoms with Gasteiger partial charge in [-0.05, 0) is 36.6 Å². The van der Waals surface area contributed by atoms with Gasteiger partial charge in [0.1, 0.15) is 5.82 Å². The van der Waals surface area contributed by atoms with Crippen LogP contribution in [0.2, 0.25) is 0 Å². The lowest BCUT2D eigenvalue weighted by Gasteiger charge is -2.24. The Balaban J connectivity index is 1.80. The first-order valence-electron chi connectivity index (χ1n) is 7.69. The number of likely N-dealkylation sites (tertiary alicyclic amines) is 1. The van der Waals surface area contributed by atoms with Crippen LogP contribution in [-0.2, 0) is 4.79 Å². The Labute approximate surface area is 131 Å². The lowest BCUT2D eigenvalue weighted by molar-refractivity contribution is -0.129. The molecular weight excluding hydrogens is 274 g/mol. The van der Waals surface area contributed by atoms with E-state index in [1.54, 1.807) is 6.92 Å². The molecule has 1 aliphatic rings. The number of pyridine rings is 1. The van der Waals surface area contributed by atoms with Crippen molar-refractivity contribution in [3.8, 4) is 0 Å². The third-order valence-electron chi connectivity index (χ3n) is 4.30. The van der Waals surface area contributed by atoms with Gasteiger partial charge in [-0.15, -0.1) is 0 Å². The van der Waals surface area contributed by atoms with Crippen molar-refractivity contribution < 1.29 is 4.79 Å². The Morgan fingerprint density at radius 2 is 2.00 bits per heavy atom. The maximum Gasteiger partial charge on any atom is 0.219 e. The van der Waals surface area contributed by atoms with Crippen LogP contribution in [0.15, 0.2) is 48.7 Å². The van der Waals surface area contributed by atoms with E-state index in [2.05, 4.69) is 28.1 Å². The number of carbonyl (C=O) groups is 1. The Kier molecular flexibility index (Phi) is 4.09. The van der Waals surface area contributed by atoms with Crippen LogP contribution in [0.1, 0.15) is 31.4 Å². The highest BCUT2D eigenvalue weighted by Gasteiger charge is 2.28. The predicted molar refractivity (Wildman–Crippen MR) is 88.1 cm³/mol. The van der Waals surface area contributed by atoms with E-state index in [9.17, 15) is 4.79 Å². The smallest absolute Gasteiger partial charge is 0.219 e. The molecule has 2 aromatic rings. The Morgan fingerprint density at radius 3 is 2.64 bits per heavy atom. The normalized spacial score (nSPS) is 17.5. The first-order chi connectivity index (χ1) is 10.7. The summed E-state index contributed by atoms with van der Waals surface area (Å²) in [5.41, 5.74) is 2.23. The zero-order chi connectivity index (χ0) is 15.5. The van der Waals surface area contributed by atoms with Crippen molar-refractivity contribution in [2.24, 2.45) is 0 Å². The summed E-state index contributed by atoms with van der Waals surface area (Å²) in [6.07, 6.45) is 3.99.